The van der Waals surface area contributed by atoms with Gasteiger partial charge in [0.2, 0.25) is 0 Å². The van der Waals surface area contributed by atoms with Gasteiger partial charge in [-0.25, -0.2) is 0 Å². The van der Waals surface area contributed by atoms with E-state index in [0.29, 0.717) is 0 Å². The summed E-state index contributed by atoms with van der Waals surface area (Å²) in [6, 6.07) is 145. The van der Waals surface area contributed by atoms with Crippen LogP contribution >= 0.6 is 22.7 Å². The van der Waals surface area contributed by atoms with Crippen molar-refractivity contribution in [1.29, 1.82) is 0 Å². The first-order valence-electron chi connectivity index (χ1n) is 41.2. The Morgan fingerprint density at radius 2 is 0.408 bits per heavy atom. The molecule has 0 spiro atoms. The molecule has 0 radical (unpaired) electrons. The summed E-state index contributed by atoms with van der Waals surface area (Å²) in [7, 11) is 0. The van der Waals surface area contributed by atoms with Crippen LogP contribution < -0.4 is 0 Å². The highest BCUT2D eigenvalue weighted by Gasteiger charge is 2.24. The van der Waals surface area contributed by atoms with Crippen LogP contribution in [-0.4, -0.2) is 27.4 Å². The number of aromatic nitrogens is 6. The molecule has 0 aliphatic rings. The van der Waals surface area contributed by atoms with Gasteiger partial charge in [0.15, 0.2) is 0 Å². The molecule has 0 aliphatic carbocycles. The number of benzene rings is 18. The van der Waals surface area contributed by atoms with E-state index in [9.17, 15) is 0 Å². The second-order valence-corrected chi connectivity index (χ2v) is 33.9. The first kappa shape index (κ1) is 70.6. The molecule has 18 aromatic carbocycles. The average molecular weight is 1570 g/mol. The van der Waals surface area contributed by atoms with Gasteiger partial charge in [-0.05, 0) is 209 Å². The summed E-state index contributed by atoms with van der Waals surface area (Å²) in [6.07, 6.45) is 0. The van der Waals surface area contributed by atoms with Gasteiger partial charge >= 0.3 is 0 Å². The summed E-state index contributed by atoms with van der Waals surface area (Å²) in [6.45, 7) is 8.58. The molecule has 8 aromatic heterocycles. The van der Waals surface area contributed by atoms with Gasteiger partial charge in [0.1, 0.15) is 0 Å². The largest absolute Gasteiger partial charge is 0.309 e. The molecule has 0 aliphatic heterocycles. The fourth-order valence-electron chi connectivity index (χ4n) is 19.2. The Bertz CT molecular complexity index is 8570. The molecule has 8 heteroatoms. The van der Waals surface area contributed by atoms with Crippen molar-refractivity contribution in [2.75, 3.05) is 0 Å². The molecule has 0 saturated heterocycles. The van der Waals surface area contributed by atoms with Crippen LogP contribution in [0.1, 0.15) is 22.3 Å². The maximum atomic E-state index is 2.41. The van der Waals surface area contributed by atoms with Crippen LogP contribution in [0.2, 0.25) is 0 Å². The second kappa shape index (κ2) is 28.5. The minimum atomic E-state index is 1.18. The van der Waals surface area contributed by atoms with Gasteiger partial charge in [0, 0.05) is 139 Å². The van der Waals surface area contributed by atoms with Gasteiger partial charge in [0.25, 0.3) is 0 Å². The zero-order valence-corrected chi connectivity index (χ0v) is 68.2. The number of hydrogen-bond acceptors (Lipinski definition) is 2. The molecule has 568 valence electrons. The van der Waals surface area contributed by atoms with Crippen molar-refractivity contribution in [3.05, 3.63) is 423 Å². The maximum Gasteiger partial charge on any atom is 0.0562 e. The molecule has 8 heterocycles. The molecule has 26 aromatic rings. The summed E-state index contributed by atoms with van der Waals surface area (Å²) in [5.74, 6) is 0. The Hall–Kier alpha value is -14.8. The summed E-state index contributed by atoms with van der Waals surface area (Å²) >= 11 is 3.77. The Kier molecular flexibility index (Phi) is 16.8. The number of rotatable bonds is 6. The summed E-state index contributed by atoms with van der Waals surface area (Å²) in [5.41, 5.74) is 27.2. The van der Waals surface area contributed by atoms with Gasteiger partial charge < -0.3 is 27.4 Å². The van der Waals surface area contributed by atoms with Crippen LogP contribution in [0.4, 0.5) is 0 Å². The van der Waals surface area contributed by atoms with Crippen molar-refractivity contribution in [2.45, 2.75) is 27.7 Å². The summed E-state index contributed by atoms with van der Waals surface area (Å²) < 4.78 is 19.8. The fraction of sp³-hybridized carbons (Fsp3) is 0.0357. The molecule has 26 rings (SSSR count). The van der Waals surface area contributed by atoms with Gasteiger partial charge in [-0.3, -0.25) is 0 Å². The van der Waals surface area contributed by atoms with Crippen LogP contribution in [0.5, 0.6) is 0 Å². The lowest BCUT2D eigenvalue weighted by Gasteiger charge is -2.10. The van der Waals surface area contributed by atoms with Crippen LogP contribution in [0.15, 0.2) is 400 Å². The number of nitrogens with zero attached hydrogens (tertiary/aromatic N) is 6. The number of aryl methyl sites for hydroxylation is 4. The number of hydrogen-bond donors (Lipinski definition) is 0. The van der Waals surface area contributed by atoms with E-state index < -0.39 is 0 Å². The smallest absolute Gasteiger partial charge is 0.0562 e. The molecule has 0 unspecified atom stereocenters. The third-order valence-corrected chi connectivity index (χ3v) is 26.7. The zero-order valence-electron chi connectivity index (χ0n) is 66.6. The number of fused-ring (bicyclic) bond motifs is 26. The number of thiophene rings is 2. The van der Waals surface area contributed by atoms with E-state index in [1.165, 1.54) is 228 Å². The normalized spacial score (nSPS) is 11.8. The third kappa shape index (κ3) is 11.4. The van der Waals surface area contributed by atoms with Crippen molar-refractivity contribution < 1.29 is 0 Å². The van der Waals surface area contributed by atoms with Gasteiger partial charge in [-0.1, -0.05) is 242 Å². The van der Waals surface area contributed by atoms with E-state index in [4.69, 9.17) is 0 Å². The molecule has 0 N–H and O–H groups in total. The molecule has 120 heavy (non-hydrogen) atoms. The SMILES string of the molecule is Cc1ccc(-n2c3ccccc3c3c4c(ccc32)sc2ccccc24)cc1.Cc1ccc(-n2c3ccccc3c3cc4c5ccccc5n(-c5ccccc5)c4cc32)cc1.Cc1cccc(-n2c3ccccc3c3c4c(ccc32)sc2ccccc24)c1.Cc1cccc(-n2c3ccccc3c3cc4c5ccccc5n(-c5ccccc5)c4cc32)c1. The van der Waals surface area contributed by atoms with Crippen molar-refractivity contribution in [3.8, 4) is 34.1 Å². The molecule has 0 amide bonds. The molecule has 0 fully saturated rings. The van der Waals surface area contributed by atoms with Crippen molar-refractivity contribution in [2.24, 2.45) is 0 Å². The Morgan fingerprint density at radius 3 is 0.758 bits per heavy atom. The predicted octanol–water partition coefficient (Wildman–Crippen LogP) is 31.3. The van der Waals surface area contributed by atoms with Crippen LogP contribution in [0.3, 0.4) is 0 Å². The first-order valence-corrected chi connectivity index (χ1v) is 42.8. The lowest BCUT2D eigenvalue weighted by molar-refractivity contribution is 1.16. The number of para-hydroxylation sites is 8. The Balaban J connectivity index is 0.0000000938. The first-order chi connectivity index (χ1) is 59.2. The van der Waals surface area contributed by atoms with E-state index in [1.807, 2.05) is 22.7 Å². The maximum absolute atomic E-state index is 2.41. The highest BCUT2D eigenvalue weighted by Crippen LogP contribution is 2.48. The van der Waals surface area contributed by atoms with E-state index in [1.54, 1.807) is 0 Å². The quantitative estimate of drug-likeness (QED) is 0.159. The molecular weight excluding hydrogens is 1490 g/mol. The van der Waals surface area contributed by atoms with Crippen molar-refractivity contribution in [1.82, 2.24) is 27.4 Å². The molecule has 0 atom stereocenters. The van der Waals surface area contributed by atoms with Gasteiger partial charge in [0.05, 0.1) is 66.2 Å². The van der Waals surface area contributed by atoms with E-state index in [0.717, 1.165) is 0 Å². The van der Waals surface area contributed by atoms with E-state index in [2.05, 4.69) is 455 Å². The average Bonchev–Trinajstić information content (AvgIpc) is 1.59. The second-order valence-electron chi connectivity index (χ2n) is 31.8. The van der Waals surface area contributed by atoms with Gasteiger partial charge in [-0.2, -0.15) is 0 Å². The van der Waals surface area contributed by atoms with E-state index >= 15 is 0 Å². The zero-order chi connectivity index (χ0) is 79.8. The van der Waals surface area contributed by atoms with Crippen LogP contribution in [0, 0.1) is 27.7 Å². The lowest BCUT2D eigenvalue weighted by atomic mass is 10.1. The topological polar surface area (TPSA) is 29.6 Å². The summed E-state index contributed by atoms with van der Waals surface area (Å²) in [5, 5.41) is 21.1. The highest BCUT2D eigenvalue weighted by molar-refractivity contribution is 7.26. The minimum Gasteiger partial charge on any atom is -0.309 e. The Labute approximate surface area is 700 Å². The predicted molar refractivity (Wildman–Crippen MR) is 517 cm³/mol. The standard InChI is InChI=1S/2C31H22N2.2C25H17NS/c1-21-10-9-13-23(18-21)33-29-17-8-6-15-25(29)27-19-26-24-14-5-7-16-28(24)32(30(26)20-31(27)33)22-11-3-2-4-12-22;1-21-15-17-23(18-16-21)33-29-14-8-6-12-25(29)27-19-26-24-11-5-7-13-28(24)32(30(26)20-31(27)33)22-9-3-2-4-10-22;1-16-7-6-8-17(15-16)26-20-11-4-2-9-18(20)24-21(26)13-14-23-25(24)19-10-3-5-12-22(19)27-23;1-16-10-12-17(13-11-16)26-20-8-4-2-6-18(20)24-21(26)14-15-23-25(24)19-7-3-5-9-22(19)27-23/h2*2-20H,1H3;2*2-15H,1H3. The van der Waals surface area contributed by atoms with Crippen LogP contribution in [-0.2, 0) is 0 Å². The van der Waals surface area contributed by atoms with Crippen molar-refractivity contribution >= 4 is 194 Å². The molecule has 0 saturated carbocycles. The minimum absolute atomic E-state index is 1.18. The van der Waals surface area contributed by atoms with Crippen molar-refractivity contribution in [3.63, 3.8) is 0 Å². The molecule has 0 bridgehead atoms. The summed E-state index contributed by atoms with van der Waals surface area (Å²) in [4.78, 5) is 0. The highest BCUT2D eigenvalue weighted by atomic mass is 32.1. The molecule has 6 nitrogen and oxygen atoms in total. The van der Waals surface area contributed by atoms with E-state index in [-0.39, 0.29) is 0 Å². The Morgan fingerprint density at radius 1 is 0.142 bits per heavy atom. The monoisotopic (exact) mass is 1570 g/mol. The molecular formula is C112H78N6S2. The van der Waals surface area contributed by atoms with Gasteiger partial charge in [-0.15, -0.1) is 22.7 Å². The fourth-order valence-corrected chi connectivity index (χ4v) is 21.4. The third-order valence-electron chi connectivity index (χ3n) is 24.4. The van der Waals surface area contributed by atoms with Crippen LogP contribution in [0.25, 0.3) is 205 Å². The lowest BCUT2D eigenvalue weighted by Crippen LogP contribution is -1.96.